The average molecular weight is 271 g/mol. The van der Waals surface area contributed by atoms with Gasteiger partial charge in [0.05, 0.1) is 5.69 Å². The monoisotopic (exact) mass is 271 g/mol. The third-order valence-electron chi connectivity index (χ3n) is 3.34. The van der Waals surface area contributed by atoms with Crippen molar-refractivity contribution in [2.45, 2.75) is 20.3 Å². The quantitative estimate of drug-likeness (QED) is 0.795. The highest BCUT2D eigenvalue weighted by molar-refractivity contribution is 7.17. The second-order valence-corrected chi connectivity index (χ2v) is 5.99. The molecule has 98 valence electrons. The van der Waals surface area contributed by atoms with Crippen molar-refractivity contribution in [1.29, 1.82) is 0 Å². The van der Waals surface area contributed by atoms with Crippen LogP contribution in [0, 0.1) is 13.8 Å². The van der Waals surface area contributed by atoms with Crippen LogP contribution in [0.5, 0.6) is 0 Å². The lowest BCUT2D eigenvalue weighted by Crippen LogP contribution is -2.02. The Hall–Kier alpha value is -1.65. The zero-order valence-electron chi connectivity index (χ0n) is 11.2. The van der Waals surface area contributed by atoms with Crippen molar-refractivity contribution in [3.8, 4) is 11.3 Å². The smallest absolute Gasteiger partial charge is 0.194 e. The molecule has 1 aromatic carbocycles. The first-order valence-electron chi connectivity index (χ1n) is 6.43. The van der Waals surface area contributed by atoms with Crippen molar-refractivity contribution in [3.05, 3.63) is 46.6 Å². The number of nitrogens with two attached hydrogens (primary N) is 1. The minimum Gasteiger partial charge on any atom is -0.330 e. The van der Waals surface area contributed by atoms with E-state index in [1.54, 1.807) is 11.3 Å². The van der Waals surface area contributed by atoms with E-state index in [2.05, 4.69) is 48.7 Å². The number of nitrogens with zero attached hydrogens (tertiary/aromatic N) is 2. The molecule has 0 aliphatic rings. The third-order valence-corrected chi connectivity index (χ3v) is 4.24. The van der Waals surface area contributed by atoms with Gasteiger partial charge in [-0.25, -0.2) is 4.98 Å². The Morgan fingerprint density at radius 2 is 1.95 bits per heavy atom. The van der Waals surface area contributed by atoms with Crippen LogP contribution in [0.25, 0.3) is 16.2 Å². The van der Waals surface area contributed by atoms with E-state index < -0.39 is 0 Å². The van der Waals surface area contributed by atoms with Gasteiger partial charge in [0.1, 0.15) is 0 Å². The van der Waals surface area contributed by atoms with Gasteiger partial charge in [-0.1, -0.05) is 24.3 Å². The molecule has 0 unspecified atom stereocenters. The molecule has 0 bridgehead atoms. The number of hydrogen-bond acceptors (Lipinski definition) is 3. The minimum atomic E-state index is 0.692. The Balaban J connectivity index is 2.03. The molecule has 3 nitrogen and oxygen atoms in total. The van der Waals surface area contributed by atoms with Crippen molar-refractivity contribution >= 4 is 16.3 Å². The van der Waals surface area contributed by atoms with Crippen LogP contribution in [0.2, 0.25) is 0 Å². The second-order valence-electron chi connectivity index (χ2n) is 4.78. The summed E-state index contributed by atoms with van der Waals surface area (Å²) >= 11 is 1.73. The zero-order valence-corrected chi connectivity index (χ0v) is 12.0. The van der Waals surface area contributed by atoms with E-state index in [0.717, 1.165) is 17.1 Å². The van der Waals surface area contributed by atoms with Crippen LogP contribution >= 0.6 is 11.3 Å². The van der Waals surface area contributed by atoms with Gasteiger partial charge in [0.2, 0.25) is 0 Å². The number of imidazole rings is 1. The molecule has 2 heterocycles. The maximum Gasteiger partial charge on any atom is 0.194 e. The van der Waals surface area contributed by atoms with Gasteiger partial charge in [0, 0.05) is 22.3 Å². The summed E-state index contributed by atoms with van der Waals surface area (Å²) in [5.41, 5.74) is 10.3. The fraction of sp³-hybridized carbons (Fsp3) is 0.267. The van der Waals surface area contributed by atoms with Crippen LogP contribution in [-0.2, 0) is 6.42 Å². The number of thiazole rings is 1. The van der Waals surface area contributed by atoms with Crippen LogP contribution in [0.15, 0.2) is 30.5 Å². The van der Waals surface area contributed by atoms with E-state index in [1.807, 2.05) is 0 Å². The SMILES string of the molecule is Cc1cn2c(C)c(-c3ccc(CCN)cc3)nc2s1. The van der Waals surface area contributed by atoms with E-state index in [0.29, 0.717) is 6.54 Å². The van der Waals surface area contributed by atoms with Crippen LogP contribution in [0.1, 0.15) is 16.1 Å². The van der Waals surface area contributed by atoms with E-state index >= 15 is 0 Å². The van der Waals surface area contributed by atoms with Gasteiger partial charge in [-0.15, -0.1) is 11.3 Å². The summed E-state index contributed by atoms with van der Waals surface area (Å²) < 4.78 is 2.17. The molecule has 0 radical (unpaired) electrons. The molecule has 0 saturated heterocycles. The molecule has 0 aliphatic carbocycles. The Morgan fingerprint density at radius 1 is 1.21 bits per heavy atom. The number of fused-ring (bicyclic) bond motifs is 1. The van der Waals surface area contributed by atoms with Crippen LogP contribution in [-0.4, -0.2) is 15.9 Å². The highest BCUT2D eigenvalue weighted by atomic mass is 32.1. The summed E-state index contributed by atoms with van der Waals surface area (Å²) in [4.78, 5) is 7.09. The first-order chi connectivity index (χ1) is 9.19. The molecule has 3 rings (SSSR count). The van der Waals surface area contributed by atoms with Gasteiger partial charge >= 0.3 is 0 Å². The van der Waals surface area contributed by atoms with Crippen molar-refractivity contribution in [1.82, 2.24) is 9.38 Å². The molecule has 2 aromatic heterocycles. The molecule has 4 heteroatoms. The van der Waals surface area contributed by atoms with Gasteiger partial charge in [-0.05, 0) is 32.4 Å². The first-order valence-corrected chi connectivity index (χ1v) is 7.25. The fourth-order valence-corrected chi connectivity index (χ4v) is 3.20. The zero-order chi connectivity index (χ0) is 13.4. The topological polar surface area (TPSA) is 43.3 Å². The standard InChI is InChI=1S/C15H17N3S/c1-10-9-18-11(2)14(17-15(18)19-10)13-5-3-12(4-6-13)7-8-16/h3-6,9H,7-8,16H2,1-2H3. The molecule has 0 atom stereocenters. The summed E-state index contributed by atoms with van der Waals surface area (Å²) in [6, 6.07) is 8.55. The Morgan fingerprint density at radius 3 is 2.58 bits per heavy atom. The highest BCUT2D eigenvalue weighted by Gasteiger charge is 2.12. The van der Waals surface area contributed by atoms with Crippen molar-refractivity contribution in [2.24, 2.45) is 5.73 Å². The molecule has 2 N–H and O–H groups in total. The highest BCUT2D eigenvalue weighted by Crippen LogP contribution is 2.27. The molecule has 3 aromatic rings. The van der Waals surface area contributed by atoms with E-state index in [9.17, 15) is 0 Å². The molecule has 0 amide bonds. The van der Waals surface area contributed by atoms with Gasteiger partial charge in [0.15, 0.2) is 4.96 Å². The lowest BCUT2D eigenvalue weighted by atomic mass is 10.1. The molecule has 0 aliphatic heterocycles. The lowest BCUT2D eigenvalue weighted by molar-refractivity contribution is 0.969. The molecule has 0 spiro atoms. The summed E-state index contributed by atoms with van der Waals surface area (Å²) in [6.07, 6.45) is 3.07. The number of benzene rings is 1. The summed E-state index contributed by atoms with van der Waals surface area (Å²) in [7, 11) is 0. The van der Waals surface area contributed by atoms with Crippen molar-refractivity contribution < 1.29 is 0 Å². The van der Waals surface area contributed by atoms with Gasteiger partial charge < -0.3 is 5.73 Å². The number of hydrogen-bond donors (Lipinski definition) is 1. The predicted molar refractivity (Wildman–Crippen MR) is 80.7 cm³/mol. The Kier molecular flexibility index (Phi) is 3.12. The third kappa shape index (κ3) is 2.17. The first kappa shape index (κ1) is 12.4. The maximum absolute atomic E-state index is 5.57. The molecule has 0 saturated carbocycles. The Labute approximate surface area is 116 Å². The fourth-order valence-electron chi connectivity index (χ4n) is 2.33. The lowest BCUT2D eigenvalue weighted by Gasteiger charge is -2.02. The molecular weight excluding hydrogens is 254 g/mol. The van der Waals surface area contributed by atoms with E-state index in [1.165, 1.54) is 21.7 Å². The average Bonchev–Trinajstić information content (AvgIpc) is 2.90. The van der Waals surface area contributed by atoms with Crippen LogP contribution in [0.4, 0.5) is 0 Å². The van der Waals surface area contributed by atoms with Gasteiger partial charge in [-0.2, -0.15) is 0 Å². The van der Waals surface area contributed by atoms with Gasteiger partial charge in [-0.3, -0.25) is 4.40 Å². The van der Waals surface area contributed by atoms with E-state index in [4.69, 9.17) is 10.7 Å². The van der Waals surface area contributed by atoms with Gasteiger partial charge in [0.25, 0.3) is 0 Å². The maximum atomic E-state index is 5.57. The number of rotatable bonds is 3. The number of aromatic nitrogens is 2. The van der Waals surface area contributed by atoms with Crippen molar-refractivity contribution in [3.63, 3.8) is 0 Å². The van der Waals surface area contributed by atoms with Crippen LogP contribution < -0.4 is 5.73 Å². The van der Waals surface area contributed by atoms with Crippen LogP contribution in [0.3, 0.4) is 0 Å². The minimum absolute atomic E-state index is 0.692. The number of aryl methyl sites for hydroxylation is 2. The second kappa shape index (κ2) is 4.79. The summed E-state index contributed by atoms with van der Waals surface area (Å²) in [6.45, 7) is 4.92. The predicted octanol–water partition coefficient (Wildman–Crippen LogP) is 3.18. The Bertz CT molecular complexity index is 707. The molecule has 19 heavy (non-hydrogen) atoms. The van der Waals surface area contributed by atoms with Crippen molar-refractivity contribution in [2.75, 3.05) is 6.54 Å². The summed E-state index contributed by atoms with van der Waals surface area (Å²) in [5.74, 6) is 0. The molecule has 0 fully saturated rings. The van der Waals surface area contributed by atoms with E-state index in [-0.39, 0.29) is 0 Å². The summed E-state index contributed by atoms with van der Waals surface area (Å²) in [5, 5.41) is 0. The normalized spacial score (nSPS) is 11.3. The largest absolute Gasteiger partial charge is 0.330 e. The molecular formula is C15H17N3S.